The zero-order chi connectivity index (χ0) is 14.5. The summed E-state index contributed by atoms with van der Waals surface area (Å²) in [4.78, 5) is 0. The van der Waals surface area contributed by atoms with Crippen LogP contribution in [0.25, 0.3) is 0 Å². The summed E-state index contributed by atoms with van der Waals surface area (Å²) in [5.74, 6) is 0.329. The summed E-state index contributed by atoms with van der Waals surface area (Å²) in [6.07, 6.45) is 1.74. The second-order valence-electron chi connectivity index (χ2n) is 4.93. The van der Waals surface area contributed by atoms with Crippen LogP contribution in [0.2, 0.25) is 5.02 Å². The Morgan fingerprint density at radius 3 is 2.55 bits per heavy atom. The highest BCUT2D eigenvalue weighted by Gasteiger charge is 2.25. The highest BCUT2D eigenvalue weighted by molar-refractivity contribution is 6.31. The molecule has 4 heteroatoms. The molecule has 1 N–H and O–H groups in total. The molecule has 2 rings (SSSR count). The van der Waals surface area contributed by atoms with E-state index in [1.165, 1.54) is 5.56 Å². The molecule has 0 aliphatic rings. The lowest BCUT2D eigenvalue weighted by molar-refractivity contribution is 0.439. The number of halogens is 1. The van der Waals surface area contributed by atoms with Gasteiger partial charge in [-0.2, -0.15) is 5.10 Å². The first-order valence-corrected chi connectivity index (χ1v) is 7.56. The minimum absolute atomic E-state index is 0.164. The van der Waals surface area contributed by atoms with Crippen LogP contribution in [-0.4, -0.2) is 16.3 Å². The number of likely N-dealkylation sites (N-methyl/N-ethyl adjacent to an activating group) is 1. The van der Waals surface area contributed by atoms with Crippen molar-refractivity contribution in [2.24, 2.45) is 0 Å². The molecule has 2 atom stereocenters. The molecule has 0 amide bonds. The van der Waals surface area contributed by atoms with Gasteiger partial charge in [0.15, 0.2) is 0 Å². The van der Waals surface area contributed by atoms with Gasteiger partial charge in [-0.25, -0.2) is 0 Å². The highest BCUT2D eigenvalue weighted by atomic mass is 35.5. The predicted molar refractivity (Wildman–Crippen MR) is 84.2 cm³/mol. The van der Waals surface area contributed by atoms with Crippen LogP contribution in [0.1, 0.15) is 44.0 Å². The second-order valence-corrected chi connectivity index (χ2v) is 5.34. The lowest BCUT2D eigenvalue weighted by Crippen LogP contribution is -2.28. The molecule has 2 aromatic rings. The monoisotopic (exact) mass is 291 g/mol. The number of aryl methyl sites for hydroxylation is 1. The van der Waals surface area contributed by atoms with Gasteiger partial charge in [0.25, 0.3) is 0 Å². The number of hydrogen-bond acceptors (Lipinski definition) is 2. The first-order chi connectivity index (χ1) is 9.69. The molecular formula is C16H22ClN3. The summed E-state index contributed by atoms with van der Waals surface area (Å²) in [7, 11) is 0. The summed E-state index contributed by atoms with van der Waals surface area (Å²) in [6.45, 7) is 8.15. The van der Waals surface area contributed by atoms with E-state index < -0.39 is 0 Å². The van der Waals surface area contributed by atoms with E-state index >= 15 is 0 Å². The van der Waals surface area contributed by atoms with E-state index in [1.807, 2.05) is 10.7 Å². The Bertz CT molecular complexity index is 536. The molecule has 0 saturated heterocycles. The second kappa shape index (κ2) is 6.91. The van der Waals surface area contributed by atoms with E-state index in [1.54, 1.807) is 6.20 Å². The van der Waals surface area contributed by atoms with Crippen molar-refractivity contribution < 1.29 is 0 Å². The van der Waals surface area contributed by atoms with Crippen LogP contribution in [-0.2, 0) is 6.54 Å². The van der Waals surface area contributed by atoms with Crippen molar-refractivity contribution in [1.29, 1.82) is 0 Å². The summed E-state index contributed by atoms with van der Waals surface area (Å²) in [6, 6.07) is 10.7. The summed E-state index contributed by atoms with van der Waals surface area (Å²) >= 11 is 6.36. The van der Waals surface area contributed by atoms with Crippen LogP contribution in [0, 0.1) is 0 Å². The van der Waals surface area contributed by atoms with Gasteiger partial charge in [-0.15, -0.1) is 0 Å². The van der Waals surface area contributed by atoms with Crippen LogP contribution >= 0.6 is 11.6 Å². The molecule has 0 spiro atoms. The van der Waals surface area contributed by atoms with Crippen molar-refractivity contribution in [3.63, 3.8) is 0 Å². The van der Waals surface area contributed by atoms with E-state index in [4.69, 9.17) is 11.6 Å². The Labute approximate surface area is 126 Å². The lowest BCUT2D eigenvalue weighted by Gasteiger charge is -2.26. The van der Waals surface area contributed by atoms with Crippen LogP contribution in [0.5, 0.6) is 0 Å². The van der Waals surface area contributed by atoms with Gasteiger partial charge in [0.05, 0.1) is 23.0 Å². The smallest absolute Gasteiger partial charge is 0.0834 e. The highest BCUT2D eigenvalue weighted by Crippen LogP contribution is 2.34. The Balaban J connectivity index is 2.38. The number of aromatic nitrogens is 2. The van der Waals surface area contributed by atoms with Gasteiger partial charge in [-0.1, -0.05) is 55.8 Å². The number of nitrogens with one attached hydrogen (secondary N) is 1. The Morgan fingerprint density at radius 1 is 1.25 bits per heavy atom. The molecule has 0 aliphatic carbocycles. The van der Waals surface area contributed by atoms with Gasteiger partial charge < -0.3 is 5.32 Å². The van der Waals surface area contributed by atoms with Gasteiger partial charge in [-0.05, 0) is 19.0 Å². The predicted octanol–water partition coefficient (Wildman–Crippen LogP) is 4.01. The summed E-state index contributed by atoms with van der Waals surface area (Å²) in [5, 5.41) is 8.65. The molecule has 2 unspecified atom stereocenters. The Kier molecular flexibility index (Phi) is 5.21. The van der Waals surface area contributed by atoms with Crippen LogP contribution in [0.15, 0.2) is 36.5 Å². The van der Waals surface area contributed by atoms with Gasteiger partial charge in [-0.3, -0.25) is 4.68 Å². The van der Waals surface area contributed by atoms with Gasteiger partial charge in [0.1, 0.15) is 0 Å². The molecular weight excluding hydrogens is 270 g/mol. The number of benzene rings is 1. The van der Waals surface area contributed by atoms with Gasteiger partial charge in [0, 0.05) is 12.5 Å². The average Bonchev–Trinajstić information content (AvgIpc) is 2.86. The Hall–Kier alpha value is -1.32. The van der Waals surface area contributed by atoms with E-state index in [-0.39, 0.29) is 6.04 Å². The number of nitrogens with zero attached hydrogens (tertiary/aromatic N) is 2. The minimum atomic E-state index is 0.164. The summed E-state index contributed by atoms with van der Waals surface area (Å²) < 4.78 is 1.98. The standard InChI is InChI=1S/C16H22ClN3/c1-4-18-15(12(3)13-9-7-6-8-10-13)16-14(17)11-19-20(16)5-2/h6-12,15,18H,4-5H2,1-3H3. The Morgan fingerprint density at radius 2 is 1.95 bits per heavy atom. The SMILES string of the molecule is CCNC(c1c(Cl)cnn1CC)C(C)c1ccccc1. The fraction of sp³-hybridized carbons (Fsp3) is 0.438. The molecule has 20 heavy (non-hydrogen) atoms. The summed E-state index contributed by atoms with van der Waals surface area (Å²) in [5.41, 5.74) is 2.38. The third-order valence-electron chi connectivity index (χ3n) is 3.68. The molecule has 108 valence electrons. The molecule has 1 aromatic heterocycles. The maximum atomic E-state index is 6.36. The molecule has 0 fully saturated rings. The molecule has 0 radical (unpaired) electrons. The van der Waals surface area contributed by atoms with Crippen molar-refractivity contribution in [3.05, 3.63) is 52.8 Å². The third-order valence-corrected chi connectivity index (χ3v) is 3.97. The third kappa shape index (κ3) is 3.05. The fourth-order valence-corrected chi connectivity index (χ4v) is 2.87. The maximum absolute atomic E-state index is 6.36. The largest absolute Gasteiger partial charge is 0.308 e. The zero-order valence-corrected chi connectivity index (χ0v) is 13.1. The van der Waals surface area contributed by atoms with E-state index in [0.29, 0.717) is 5.92 Å². The minimum Gasteiger partial charge on any atom is -0.308 e. The van der Waals surface area contributed by atoms with Crippen molar-refractivity contribution in [1.82, 2.24) is 15.1 Å². The van der Waals surface area contributed by atoms with Crippen LogP contribution in [0.3, 0.4) is 0 Å². The van der Waals surface area contributed by atoms with Gasteiger partial charge in [0.2, 0.25) is 0 Å². The first-order valence-electron chi connectivity index (χ1n) is 7.18. The first kappa shape index (κ1) is 15.1. The molecule has 0 saturated carbocycles. The van der Waals surface area contributed by atoms with Crippen molar-refractivity contribution in [2.45, 2.75) is 39.3 Å². The number of rotatable bonds is 6. The molecule has 3 nitrogen and oxygen atoms in total. The normalized spacial score (nSPS) is 14.2. The van der Waals surface area contributed by atoms with Crippen LogP contribution < -0.4 is 5.32 Å². The lowest BCUT2D eigenvalue weighted by atomic mass is 9.91. The molecule has 0 aliphatic heterocycles. The van der Waals surface area contributed by atoms with E-state index in [2.05, 4.69) is 55.5 Å². The van der Waals surface area contributed by atoms with Crippen molar-refractivity contribution >= 4 is 11.6 Å². The van der Waals surface area contributed by atoms with Gasteiger partial charge >= 0.3 is 0 Å². The number of hydrogen-bond donors (Lipinski definition) is 1. The topological polar surface area (TPSA) is 29.9 Å². The van der Waals surface area contributed by atoms with Crippen LogP contribution in [0.4, 0.5) is 0 Å². The quantitative estimate of drug-likeness (QED) is 0.871. The van der Waals surface area contributed by atoms with E-state index in [0.717, 1.165) is 23.8 Å². The molecule has 0 bridgehead atoms. The van der Waals surface area contributed by atoms with Crippen molar-refractivity contribution in [3.8, 4) is 0 Å². The fourth-order valence-electron chi connectivity index (χ4n) is 2.61. The van der Waals surface area contributed by atoms with E-state index in [9.17, 15) is 0 Å². The molecule has 1 heterocycles. The zero-order valence-electron chi connectivity index (χ0n) is 12.3. The molecule has 1 aromatic carbocycles. The average molecular weight is 292 g/mol. The van der Waals surface area contributed by atoms with Crippen molar-refractivity contribution in [2.75, 3.05) is 6.54 Å². The maximum Gasteiger partial charge on any atom is 0.0834 e.